The molecule has 0 aliphatic rings. The summed E-state index contributed by atoms with van der Waals surface area (Å²) in [6, 6.07) is 3.75. The molecule has 1 aromatic heterocycles. The number of hydrogen-bond donors (Lipinski definition) is 0. The molecule has 4 nitrogen and oxygen atoms in total. The first-order valence-electron chi connectivity index (χ1n) is 6.24. The van der Waals surface area contributed by atoms with Gasteiger partial charge in [0.1, 0.15) is 10.7 Å². The van der Waals surface area contributed by atoms with Gasteiger partial charge in [-0.3, -0.25) is 10.1 Å². The summed E-state index contributed by atoms with van der Waals surface area (Å²) in [4.78, 5) is 15.4. The highest BCUT2D eigenvalue weighted by Gasteiger charge is 2.25. The summed E-state index contributed by atoms with van der Waals surface area (Å²) in [6.45, 7) is 5.91. The van der Waals surface area contributed by atoms with Gasteiger partial charge in [0.2, 0.25) is 0 Å². The summed E-state index contributed by atoms with van der Waals surface area (Å²) in [6.07, 6.45) is 0.526. The SMILES string of the molecule is Cc1ccc(Br)c2c(Cl)c([N+](=O)[O-])c(CC(C)C)nc12. The molecule has 0 N–H and O–H groups in total. The van der Waals surface area contributed by atoms with E-state index in [2.05, 4.69) is 20.9 Å². The normalized spacial score (nSPS) is 11.3. The van der Waals surface area contributed by atoms with Gasteiger partial charge in [-0.2, -0.15) is 0 Å². The first-order valence-corrected chi connectivity index (χ1v) is 7.41. The van der Waals surface area contributed by atoms with E-state index < -0.39 is 4.92 Å². The van der Waals surface area contributed by atoms with Gasteiger partial charge < -0.3 is 0 Å². The Morgan fingerprint density at radius 3 is 2.65 bits per heavy atom. The molecule has 1 aromatic carbocycles. The Morgan fingerprint density at radius 1 is 1.45 bits per heavy atom. The van der Waals surface area contributed by atoms with Crippen LogP contribution in [0.4, 0.5) is 5.69 Å². The molecule has 2 aromatic rings. The zero-order chi connectivity index (χ0) is 15.0. The minimum Gasteiger partial charge on any atom is -0.258 e. The van der Waals surface area contributed by atoms with Crippen molar-refractivity contribution in [2.45, 2.75) is 27.2 Å². The molecule has 20 heavy (non-hydrogen) atoms. The molecule has 106 valence electrons. The third-order valence-electron chi connectivity index (χ3n) is 3.06. The van der Waals surface area contributed by atoms with Crippen molar-refractivity contribution in [2.75, 3.05) is 0 Å². The number of aryl methyl sites for hydroxylation is 1. The van der Waals surface area contributed by atoms with Crippen molar-refractivity contribution in [3.05, 3.63) is 43.0 Å². The topological polar surface area (TPSA) is 56.0 Å². The zero-order valence-corrected chi connectivity index (χ0v) is 13.7. The molecule has 0 fully saturated rings. The molecule has 0 atom stereocenters. The third kappa shape index (κ3) is 2.65. The first kappa shape index (κ1) is 15.2. The second-order valence-corrected chi connectivity index (χ2v) is 6.40. The van der Waals surface area contributed by atoms with Gasteiger partial charge in [-0.05, 0) is 30.9 Å². The van der Waals surface area contributed by atoms with E-state index in [4.69, 9.17) is 11.6 Å². The van der Waals surface area contributed by atoms with E-state index in [9.17, 15) is 10.1 Å². The van der Waals surface area contributed by atoms with E-state index >= 15 is 0 Å². The lowest BCUT2D eigenvalue weighted by Crippen LogP contribution is -2.05. The first-order chi connectivity index (χ1) is 9.32. The Hall–Kier alpha value is -1.20. The molecule has 0 saturated carbocycles. The Balaban J connectivity index is 2.89. The number of halogens is 2. The van der Waals surface area contributed by atoms with E-state index in [0.29, 0.717) is 23.0 Å². The van der Waals surface area contributed by atoms with E-state index in [1.54, 1.807) is 0 Å². The number of hydrogen-bond acceptors (Lipinski definition) is 3. The van der Waals surface area contributed by atoms with Crippen LogP contribution < -0.4 is 0 Å². The van der Waals surface area contributed by atoms with Crippen molar-refractivity contribution in [2.24, 2.45) is 5.92 Å². The molecule has 0 radical (unpaired) electrons. The Bertz CT molecular complexity index is 701. The average molecular weight is 358 g/mol. The second-order valence-electron chi connectivity index (χ2n) is 5.16. The van der Waals surface area contributed by atoms with Gasteiger partial charge in [0.15, 0.2) is 0 Å². The van der Waals surface area contributed by atoms with E-state index in [1.165, 1.54) is 0 Å². The van der Waals surface area contributed by atoms with Gasteiger partial charge in [-0.1, -0.05) is 47.4 Å². The Kier molecular flexibility index (Phi) is 4.30. The average Bonchev–Trinajstić information content (AvgIpc) is 2.32. The summed E-state index contributed by atoms with van der Waals surface area (Å²) in [5.74, 6) is 0.266. The smallest absolute Gasteiger partial charge is 0.258 e. The van der Waals surface area contributed by atoms with Gasteiger partial charge in [-0.15, -0.1) is 0 Å². The molecule has 0 spiro atoms. The molecule has 0 amide bonds. The third-order valence-corrected chi connectivity index (χ3v) is 4.09. The molecular formula is C14H14BrClN2O2. The van der Waals surface area contributed by atoms with Crippen LogP contribution in [0.3, 0.4) is 0 Å². The minimum absolute atomic E-state index is 0.0841. The molecule has 1 heterocycles. The van der Waals surface area contributed by atoms with Crippen LogP contribution in [0.1, 0.15) is 25.1 Å². The van der Waals surface area contributed by atoms with Crippen molar-refractivity contribution in [1.29, 1.82) is 0 Å². The van der Waals surface area contributed by atoms with Crippen LogP contribution in [0.5, 0.6) is 0 Å². The van der Waals surface area contributed by atoms with Crippen molar-refractivity contribution < 1.29 is 4.92 Å². The largest absolute Gasteiger partial charge is 0.309 e. The van der Waals surface area contributed by atoms with Crippen LogP contribution in [0, 0.1) is 23.0 Å². The fourth-order valence-corrected chi connectivity index (χ4v) is 3.17. The lowest BCUT2D eigenvalue weighted by atomic mass is 10.0. The highest BCUT2D eigenvalue weighted by atomic mass is 79.9. The molecule has 0 bridgehead atoms. The predicted molar refractivity (Wildman–Crippen MR) is 84.4 cm³/mol. The maximum Gasteiger partial charge on any atom is 0.309 e. The summed E-state index contributed by atoms with van der Waals surface area (Å²) in [7, 11) is 0. The lowest BCUT2D eigenvalue weighted by molar-refractivity contribution is -0.385. The highest BCUT2D eigenvalue weighted by Crippen LogP contribution is 2.39. The van der Waals surface area contributed by atoms with Crippen molar-refractivity contribution in [3.63, 3.8) is 0 Å². The molecule has 0 aliphatic carbocycles. The molecular weight excluding hydrogens is 344 g/mol. The predicted octanol–water partition coefficient (Wildman–Crippen LogP) is 5.07. The molecule has 0 unspecified atom stereocenters. The summed E-state index contributed by atoms with van der Waals surface area (Å²) < 4.78 is 0.717. The molecule has 0 saturated heterocycles. The van der Waals surface area contributed by atoms with Crippen LogP contribution in [0.25, 0.3) is 10.9 Å². The Labute approximate surface area is 130 Å². The second kappa shape index (κ2) is 5.66. The molecule has 2 rings (SSSR count). The lowest BCUT2D eigenvalue weighted by Gasteiger charge is -2.11. The summed E-state index contributed by atoms with van der Waals surface area (Å²) >= 11 is 9.68. The zero-order valence-electron chi connectivity index (χ0n) is 11.4. The van der Waals surface area contributed by atoms with Crippen LogP contribution in [-0.4, -0.2) is 9.91 Å². The molecule has 6 heteroatoms. The number of fused-ring (bicyclic) bond motifs is 1. The van der Waals surface area contributed by atoms with Crippen LogP contribution >= 0.6 is 27.5 Å². The monoisotopic (exact) mass is 356 g/mol. The van der Waals surface area contributed by atoms with Crippen LogP contribution in [-0.2, 0) is 6.42 Å². The highest BCUT2D eigenvalue weighted by molar-refractivity contribution is 9.10. The number of pyridine rings is 1. The van der Waals surface area contributed by atoms with E-state index in [1.807, 2.05) is 32.9 Å². The fraction of sp³-hybridized carbons (Fsp3) is 0.357. The van der Waals surface area contributed by atoms with Crippen molar-refractivity contribution in [1.82, 2.24) is 4.98 Å². The Morgan fingerprint density at radius 2 is 2.10 bits per heavy atom. The number of benzene rings is 1. The van der Waals surface area contributed by atoms with Crippen LogP contribution in [0.15, 0.2) is 16.6 Å². The molecule has 0 aliphatic heterocycles. The summed E-state index contributed by atoms with van der Waals surface area (Å²) in [5.41, 5.74) is 2.03. The maximum atomic E-state index is 11.3. The van der Waals surface area contributed by atoms with Crippen LogP contribution in [0.2, 0.25) is 5.02 Å². The standard InChI is InChI=1S/C14H14BrClN2O2/c1-7(2)6-10-14(18(19)20)12(16)11-9(15)5-4-8(3)13(11)17-10/h4-5,7H,6H2,1-3H3. The number of nitro groups is 1. The summed E-state index contributed by atoms with van der Waals surface area (Å²) in [5, 5.41) is 12.1. The minimum atomic E-state index is -0.443. The number of nitrogens with zero attached hydrogens (tertiary/aromatic N) is 2. The maximum absolute atomic E-state index is 11.3. The number of aromatic nitrogens is 1. The van der Waals surface area contributed by atoms with Gasteiger partial charge in [-0.25, -0.2) is 4.98 Å². The van der Waals surface area contributed by atoms with Gasteiger partial charge in [0, 0.05) is 9.86 Å². The van der Waals surface area contributed by atoms with Crippen molar-refractivity contribution in [3.8, 4) is 0 Å². The van der Waals surface area contributed by atoms with E-state index in [0.717, 1.165) is 10.0 Å². The fourth-order valence-electron chi connectivity index (χ4n) is 2.17. The van der Waals surface area contributed by atoms with Gasteiger partial charge >= 0.3 is 5.69 Å². The van der Waals surface area contributed by atoms with Gasteiger partial charge in [0.05, 0.1) is 10.4 Å². The van der Waals surface area contributed by atoms with Gasteiger partial charge in [0.25, 0.3) is 0 Å². The quantitative estimate of drug-likeness (QED) is 0.569. The van der Waals surface area contributed by atoms with E-state index in [-0.39, 0.29) is 16.6 Å². The van der Waals surface area contributed by atoms with Crippen molar-refractivity contribution >= 4 is 44.1 Å². The number of rotatable bonds is 3.